The first-order valence-corrected chi connectivity index (χ1v) is 4.09. The first-order valence-electron chi connectivity index (χ1n) is 4.09. The second kappa shape index (κ2) is 6.60. The molecule has 0 N–H and O–H groups in total. The van der Waals surface area contributed by atoms with Gasteiger partial charge >= 0.3 is 0 Å². The van der Waals surface area contributed by atoms with Gasteiger partial charge in [-0.1, -0.05) is 31.2 Å². The van der Waals surface area contributed by atoms with E-state index in [1.54, 1.807) is 0 Å². The molecule has 0 aliphatic rings. The molecule has 58 valence electrons. The molecule has 0 aliphatic heterocycles. The van der Waals surface area contributed by atoms with Crippen LogP contribution in [0, 0.1) is 5.92 Å². The summed E-state index contributed by atoms with van der Waals surface area (Å²) in [5.41, 5.74) is 0. The standard InChI is InChI=1S/C10H18/c1-4-7-9-10(6-3)8-5-2/h4-5,7-8,10H,6,9H2,1-3H3. The molecular formula is C10H18. The van der Waals surface area contributed by atoms with Gasteiger partial charge in [-0.05, 0) is 32.6 Å². The Hall–Kier alpha value is -0.520. The van der Waals surface area contributed by atoms with Crippen LogP contribution in [-0.2, 0) is 0 Å². The van der Waals surface area contributed by atoms with Crippen molar-refractivity contribution in [3.63, 3.8) is 0 Å². The van der Waals surface area contributed by atoms with E-state index in [1.165, 1.54) is 12.8 Å². The first kappa shape index (κ1) is 9.48. The van der Waals surface area contributed by atoms with Gasteiger partial charge in [-0.2, -0.15) is 0 Å². The Morgan fingerprint density at radius 1 is 1.20 bits per heavy atom. The minimum absolute atomic E-state index is 0.751. The molecule has 0 bridgehead atoms. The van der Waals surface area contributed by atoms with E-state index in [-0.39, 0.29) is 0 Å². The summed E-state index contributed by atoms with van der Waals surface area (Å²) in [4.78, 5) is 0. The maximum absolute atomic E-state index is 2.28. The molecule has 0 radical (unpaired) electrons. The van der Waals surface area contributed by atoms with Crippen LogP contribution in [0.25, 0.3) is 0 Å². The molecule has 0 fully saturated rings. The summed E-state index contributed by atoms with van der Waals surface area (Å²) in [5, 5.41) is 0. The highest BCUT2D eigenvalue weighted by Crippen LogP contribution is 2.09. The smallest absolute Gasteiger partial charge is 0.0202 e. The summed E-state index contributed by atoms with van der Waals surface area (Å²) in [6, 6.07) is 0. The summed E-state index contributed by atoms with van der Waals surface area (Å²) < 4.78 is 0. The van der Waals surface area contributed by atoms with Crippen molar-refractivity contribution < 1.29 is 0 Å². The van der Waals surface area contributed by atoms with Crippen molar-refractivity contribution in [1.82, 2.24) is 0 Å². The molecule has 0 amide bonds. The maximum atomic E-state index is 2.28. The monoisotopic (exact) mass is 138 g/mol. The highest BCUT2D eigenvalue weighted by molar-refractivity contribution is 4.90. The van der Waals surface area contributed by atoms with Gasteiger partial charge < -0.3 is 0 Å². The van der Waals surface area contributed by atoms with E-state index in [2.05, 4.69) is 45.1 Å². The van der Waals surface area contributed by atoms with Gasteiger partial charge in [-0.15, -0.1) is 0 Å². The van der Waals surface area contributed by atoms with Crippen LogP contribution in [-0.4, -0.2) is 0 Å². The van der Waals surface area contributed by atoms with Gasteiger partial charge in [0.25, 0.3) is 0 Å². The fourth-order valence-corrected chi connectivity index (χ4v) is 0.964. The third-order valence-electron chi connectivity index (χ3n) is 1.66. The predicted octanol–water partition coefficient (Wildman–Crippen LogP) is 3.55. The molecule has 0 aromatic heterocycles. The van der Waals surface area contributed by atoms with Gasteiger partial charge in [0, 0.05) is 0 Å². The van der Waals surface area contributed by atoms with E-state index in [0.29, 0.717) is 0 Å². The van der Waals surface area contributed by atoms with E-state index in [4.69, 9.17) is 0 Å². The molecule has 0 saturated heterocycles. The van der Waals surface area contributed by atoms with Gasteiger partial charge in [-0.25, -0.2) is 0 Å². The lowest BCUT2D eigenvalue weighted by Crippen LogP contribution is -1.90. The molecule has 0 aliphatic carbocycles. The Morgan fingerprint density at radius 3 is 2.30 bits per heavy atom. The number of allylic oxidation sites excluding steroid dienone is 4. The van der Waals surface area contributed by atoms with E-state index < -0.39 is 0 Å². The highest BCUT2D eigenvalue weighted by Gasteiger charge is 1.95. The molecule has 0 aromatic carbocycles. The summed E-state index contributed by atoms with van der Waals surface area (Å²) in [6.07, 6.45) is 11.2. The van der Waals surface area contributed by atoms with Gasteiger partial charge in [0.1, 0.15) is 0 Å². The fraction of sp³-hybridized carbons (Fsp3) is 0.600. The largest absolute Gasteiger partial charge is 0.0916 e. The molecule has 0 saturated carbocycles. The predicted molar refractivity (Wildman–Crippen MR) is 48.0 cm³/mol. The van der Waals surface area contributed by atoms with E-state index in [0.717, 1.165) is 5.92 Å². The Balaban J connectivity index is 3.60. The average molecular weight is 138 g/mol. The van der Waals surface area contributed by atoms with Crippen molar-refractivity contribution in [2.24, 2.45) is 5.92 Å². The van der Waals surface area contributed by atoms with E-state index in [1.807, 2.05) is 0 Å². The molecule has 0 spiro atoms. The minimum atomic E-state index is 0.751. The fourth-order valence-electron chi connectivity index (χ4n) is 0.964. The number of rotatable bonds is 4. The van der Waals surface area contributed by atoms with Crippen LogP contribution in [0.4, 0.5) is 0 Å². The quantitative estimate of drug-likeness (QED) is 0.521. The van der Waals surface area contributed by atoms with Crippen molar-refractivity contribution in [3.05, 3.63) is 24.3 Å². The van der Waals surface area contributed by atoms with Crippen molar-refractivity contribution in [1.29, 1.82) is 0 Å². The molecule has 0 nitrogen and oxygen atoms in total. The Labute approximate surface area is 64.6 Å². The molecular weight excluding hydrogens is 120 g/mol. The highest BCUT2D eigenvalue weighted by atomic mass is 14.0. The van der Waals surface area contributed by atoms with Crippen LogP contribution in [0.3, 0.4) is 0 Å². The number of hydrogen-bond acceptors (Lipinski definition) is 0. The molecule has 0 rings (SSSR count). The van der Waals surface area contributed by atoms with Crippen LogP contribution in [0.2, 0.25) is 0 Å². The van der Waals surface area contributed by atoms with Gasteiger partial charge in [0.15, 0.2) is 0 Å². The zero-order chi connectivity index (χ0) is 7.82. The van der Waals surface area contributed by atoms with E-state index >= 15 is 0 Å². The van der Waals surface area contributed by atoms with E-state index in [9.17, 15) is 0 Å². The molecule has 1 atom stereocenters. The van der Waals surface area contributed by atoms with Gasteiger partial charge in [0.05, 0.1) is 0 Å². The summed E-state index contributed by atoms with van der Waals surface area (Å²) in [5.74, 6) is 0.751. The summed E-state index contributed by atoms with van der Waals surface area (Å²) in [7, 11) is 0. The van der Waals surface area contributed by atoms with Gasteiger partial charge in [-0.3, -0.25) is 0 Å². The van der Waals surface area contributed by atoms with Crippen molar-refractivity contribution >= 4 is 0 Å². The van der Waals surface area contributed by atoms with Crippen molar-refractivity contribution in [2.75, 3.05) is 0 Å². The lowest BCUT2D eigenvalue weighted by atomic mass is 10.0. The second-order valence-electron chi connectivity index (χ2n) is 2.50. The molecule has 10 heavy (non-hydrogen) atoms. The first-order chi connectivity index (χ1) is 4.85. The number of hydrogen-bond donors (Lipinski definition) is 0. The summed E-state index contributed by atoms with van der Waals surface area (Å²) in [6.45, 7) is 6.38. The zero-order valence-electron chi connectivity index (χ0n) is 7.30. The van der Waals surface area contributed by atoms with Crippen molar-refractivity contribution in [2.45, 2.75) is 33.6 Å². The Kier molecular flexibility index (Phi) is 6.25. The zero-order valence-corrected chi connectivity index (χ0v) is 7.30. The van der Waals surface area contributed by atoms with Crippen LogP contribution in [0.5, 0.6) is 0 Å². The third-order valence-corrected chi connectivity index (χ3v) is 1.66. The Morgan fingerprint density at radius 2 is 1.90 bits per heavy atom. The maximum Gasteiger partial charge on any atom is -0.0202 e. The summed E-state index contributed by atoms with van der Waals surface area (Å²) >= 11 is 0. The van der Waals surface area contributed by atoms with Gasteiger partial charge in [0.2, 0.25) is 0 Å². The third kappa shape index (κ3) is 4.37. The van der Waals surface area contributed by atoms with Crippen LogP contribution in [0.15, 0.2) is 24.3 Å². The molecule has 1 unspecified atom stereocenters. The average Bonchev–Trinajstić information content (AvgIpc) is 1.98. The lowest BCUT2D eigenvalue weighted by molar-refractivity contribution is 0.637. The SMILES string of the molecule is CC=CCC(C=CC)CC. The molecule has 0 heteroatoms. The molecule has 0 heterocycles. The Bertz CT molecular complexity index is 109. The van der Waals surface area contributed by atoms with Crippen molar-refractivity contribution in [3.8, 4) is 0 Å². The molecule has 0 aromatic rings. The normalized spacial score (nSPS) is 15.1. The van der Waals surface area contributed by atoms with Crippen LogP contribution >= 0.6 is 0 Å². The lowest BCUT2D eigenvalue weighted by Gasteiger charge is -2.04. The van der Waals surface area contributed by atoms with Crippen LogP contribution < -0.4 is 0 Å². The van der Waals surface area contributed by atoms with Crippen LogP contribution in [0.1, 0.15) is 33.6 Å². The minimum Gasteiger partial charge on any atom is -0.0916 e. The topological polar surface area (TPSA) is 0 Å². The second-order valence-corrected chi connectivity index (χ2v) is 2.50.